The van der Waals surface area contributed by atoms with Gasteiger partial charge in [0.25, 0.3) is 0 Å². The second kappa shape index (κ2) is 5.30. The molecule has 86 valence electrons. The number of nitrogens with zero attached hydrogens (tertiary/aromatic N) is 1. The van der Waals surface area contributed by atoms with E-state index in [9.17, 15) is 4.79 Å². The van der Waals surface area contributed by atoms with E-state index in [-0.39, 0.29) is 5.78 Å². The normalized spacial score (nSPS) is 20.5. The summed E-state index contributed by atoms with van der Waals surface area (Å²) in [6, 6.07) is 0. The van der Waals surface area contributed by atoms with Crippen LogP contribution in [-0.2, 0) is 4.79 Å². The zero-order valence-electron chi connectivity index (χ0n) is 9.84. The van der Waals surface area contributed by atoms with Crippen LogP contribution in [0.25, 0.3) is 0 Å². The van der Waals surface area contributed by atoms with Crippen LogP contribution in [0.5, 0.6) is 0 Å². The minimum Gasteiger partial charge on any atom is -0.348 e. The molecule has 2 nitrogen and oxygen atoms in total. The summed E-state index contributed by atoms with van der Waals surface area (Å²) in [6.07, 6.45) is 19.1. The van der Waals surface area contributed by atoms with Gasteiger partial charge in [0.1, 0.15) is 0 Å². The van der Waals surface area contributed by atoms with Crippen molar-refractivity contribution in [2.75, 3.05) is 6.54 Å². The van der Waals surface area contributed by atoms with E-state index < -0.39 is 0 Å². The Balaban J connectivity index is 2.15. The van der Waals surface area contributed by atoms with Crippen molar-refractivity contribution in [1.82, 2.24) is 4.90 Å². The van der Waals surface area contributed by atoms with E-state index in [1.165, 1.54) is 0 Å². The topological polar surface area (TPSA) is 20.3 Å². The third-order valence-electron chi connectivity index (χ3n) is 2.64. The van der Waals surface area contributed by atoms with Gasteiger partial charge in [0.2, 0.25) is 0 Å². The highest BCUT2D eigenvalue weighted by Crippen LogP contribution is 2.13. The summed E-state index contributed by atoms with van der Waals surface area (Å²) in [4.78, 5) is 13.1. The summed E-state index contributed by atoms with van der Waals surface area (Å²) < 4.78 is 0. The largest absolute Gasteiger partial charge is 0.348 e. The number of rotatable bonds is 2. The Kier molecular flexibility index (Phi) is 3.55. The minimum absolute atomic E-state index is 0.0467. The fraction of sp³-hybridized carbons (Fsp3) is 0.133. The van der Waals surface area contributed by atoms with Gasteiger partial charge in [-0.25, -0.2) is 0 Å². The van der Waals surface area contributed by atoms with Crippen LogP contribution in [0.3, 0.4) is 0 Å². The SMILES string of the molecule is CCN1C=CC=C/C1=C\C=C1C=CC(=O)C=C1. The highest BCUT2D eigenvalue weighted by Gasteiger charge is 2.03. The first-order valence-electron chi connectivity index (χ1n) is 5.73. The first kappa shape index (κ1) is 11.4. The smallest absolute Gasteiger partial charge is 0.178 e. The van der Waals surface area contributed by atoms with E-state index in [0.29, 0.717) is 0 Å². The molecule has 0 saturated carbocycles. The molecule has 0 spiro atoms. The number of hydrogen-bond donors (Lipinski definition) is 0. The Labute approximate surface area is 102 Å². The molecule has 0 bridgehead atoms. The molecule has 17 heavy (non-hydrogen) atoms. The second-order valence-electron chi connectivity index (χ2n) is 3.81. The highest BCUT2D eigenvalue weighted by atomic mass is 16.1. The zero-order valence-corrected chi connectivity index (χ0v) is 9.84. The van der Waals surface area contributed by atoms with Crippen LogP contribution in [0.2, 0.25) is 0 Å². The van der Waals surface area contributed by atoms with Crippen molar-refractivity contribution in [3.05, 3.63) is 72.2 Å². The van der Waals surface area contributed by atoms with E-state index in [0.717, 1.165) is 17.8 Å². The predicted octanol–water partition coefficient (Wildman–Crippen LogP) is 2.90. The summed E-state index contributed by atoms with van der Waals surface area (Å²) in [7, 11) is 0. The van der Waals surface area contributed by atoms with Gasteiger partial charge >= 0.3 is 0 Å². The average Bonchev–Trinajstić information content (AvgIpc) is 2.38. The van der Waals surface area contributed by atoms with Crippen molar-refractivity contribution in [1.29, 1.82) is 0 Å². The third kappa shape index (κ3) is 2.94. The standard InChI is InChI=1S/C15H15NO/c1-2-16-12-4-3-5-14(16)9-6-13-7-10-15(17)11-8-13/h3-12H,2H2,1H3/b14-9+. The fourth-order valence-electron chi connectivity index (χ4n) is 1.69. The molecule has 0 aromatic heterocycles. The number of carbonyl (C=O) groups is 1. The zero-order chi connectivity index (χ0) is 12.1. The number of likely N-dealkylation sites (N-methyl/N-ethyl adjacent to an activating group) is 1. The Hall–Kier alpha value is -2.09. The van der Waals surface area contributed by atoms with Crippen molar-refractivity contribution >= 4 is 5.78 Å². The molecule has 1 aliphatic carbocycles. The van der Waals surface area contributed by atoms with Gasteiger partial charge in [-0.05, 0) is 42.9 Å². The van der Waals surface area contributed by atoms with Crippen molar-refractivity contribution in [3.8, 4) is 0 Å². The number of ketones is 1. The summed E-state index contributed by atoms with van der Waals surface area (Å²) >= 11 is 0. The maximum Gasteiger partial charge on any atom is 0.178 e. The second-order valence-corrected chi connectivity index (χ2v) is 3.81. The van der Waals surface area contributed by atoms with Crippen LogP contribution in [0, 0.1) is 0 Å². The van der Waals surface area contributed by atoms with Crippen LogP contribution in [0.4, 0.5) is 0 Å². The first-order chi connectivity index (χ1) is 8.29. The van der Waals surface area contributed by atoms with E-state index in [1.54, 1.807) is 12.2 Å². The van der Waals surface area contributed by atoms with Crippen molar-refractivity contribution in [3.63, 3.8) is 0 Å². The predicted molar refractivity (Wildman–Crippen MR) is 70.1 cm³/mol. The summed E-state index contributed by atoms with van der Waals surface area (Å²) in [5.74, 6) is 0.0467. The molecule has 0 fully saturated rings. The molecule has 1 aliphatic heterocycles. The van der Waals surface area contributed by atoms with Gasteiger partial charge < -0.3 is 4.90 Å². The Morgan fingerprint density at radius 2 is 1.82 bits per heavy atom. The van der Waals surface area contributed by atoms with Gasteiger partial charge in [-0.15, -0.1) is 0 Å². The average molecular weight is 225 g/mol. The summed E-state index contributed by atoms with van der Waals surface area (Å²) in [5, 5.41) is 0. The van der Waals surface area contributed by atoms with Gasteiger partial charge in [-0.2, -0.15) is 0 Å². The van der Waals surface area contributed by atoms with Gasteiger partial charge in [-0.3, -0.25) is 4.79 Å². The lowest BCUT2D eigenvalue weighted by molar-refractivity contribution is -0.110. The quantitative estimate of drug-likeness (QED) is 0.720. The maximum absolute atomic E-state index is 11.0. The third-order valence-corrected chi connectivity index (χ3v) is 2.64. The molecule has 2 heteroatoms. The van der Waals surface area contributed by atoms with Crippen molar-refractivity contribution in [2.24, 2.45) is 0 Å². The molecule has 0 N–H and O–H groups in total. The summed E-state index contributed by atoms with van der Waals surface area (Å²) in [6.45, 7) is 3.06. The molecule has 0 atom stereocenters. The fourth-order valence-corrected chi connectivity index (χ4v) is 1.69. The van der Waals surface area contributed by atoms with Gasteiger partial charge in [0, 0.05) is 18.4 Å². The lowest BCUT2D eigenvalue weighted by Crippen LogP contribution is -2.15. The van der Waals surface area contributed by atoms with E-state index in [1.807, 2.05) is 30.4 Å². The molecule has 1 heterocycles. The maximum atomic E-state index is 11.0. The summed E-state index contributed by atoms with van der Waals surface area (Å²) in [5.41, 5.74) is 2.19. The highest BCUT2D eigenvalue weighted by molar-refractivity contribution is 6.01. The lowest BCUT2D eigenvalue weighted by Gasteiger charge is -2.21. The molecular weight excluding hydrogens is 210 g/mol. The van der Waals surface area contributed by atoms with Crippen LogP contribution in [0.1, 0.15) is 6.92 Å². The molecule has 0 radical (unpaired) electrons. The molecule has 0 aromatic carbocycles. The van der Waals surface area contributed by atoms with Crippen LogP contribution in [-0.4, -0.2) is 17.2 Å². The van der Waals surface area contributed by atoms with E-state index >= 15 is 0 Å². The van der Waals surface area contributed by atoms with Crippen molar-refractivity contribution in [2.45, 2.75) is 6.92 Å². The van der Waals surface area contributed by atoms with Gasteiger partial charge in [0.15, 0.2) is 5.78 Å². The first-order valence-corrected chi connectivity index (χ1v) is 5.73. The Morgan fingerprint density at radius 3 is 2.53 bits per heavy atom. The van der Waals surface area contributed by atoms with Crippen molar-refractivity contribution < 1.29 is 4.79 Å². The Morgan fingerprint density at radius 1 is 1.06 bits per heavy atom. The number of hydrogen-bond acceptors (Lipinski definition) is 2. The lowest BCUT2D eigenvalue weighted by atomic mass is 10.1. The molecular formula is C15H15NO. The molecule has 0 unspecified atom stereocenters. The molecule has 0 saturated heterocycles. The van der Waals surface area contributed by atoms with Gasteiger partial charge in [-0.1, -0.05) is 24.3 Å². The molecule has 0 aromatic rings. The van der Waals surface area contributed by atoms with Crippen LogP contribution in [0.15, 0.2) is 72.2 Å². The minimum atomic E-state index is 0.0467. The molecule has 2 rings (SSSR count). The van der Waals surface area contributed by atoms with Crippen LogP contribution < -0.4 is 0 Å². The van der Waals surface area contributed by atoms with E-state index in [2.05, 4.69) is 30.2 Å². The number of allylic oxidation sites excluding steroid dienone is 10. The Bertz CT molecular complexity index is 469. The number of carbonyl (C=O) groups excluding carboxylic acids is 1. The molecule has 2 aliphatic rings. The van der Waals surface area contributed by atoms with Gasteiger partial charge in [0.05, 0.1) is 0 Å². The van der Waals surface area contributed by atoms with Crippen LogP contribution >= 0.6 is 0 Å². The molecule has 0 amide bonds. The monoisotopic (exact) mass is 225 g/mol. The van der Waals surface area contributed by atoms with E-state index in [4.69, 9.17) is 0 Å².